The number of amides is 1. The number of aromatic nitrogens is 2. The second-order valence-electron chi connectivity index (χ2n) is 6.09. The third kappa shape index (κ3) is 4.62. The van der Waals surface area contributed by atoms with E-state index in [1.165, 1.54) is 18.4 Å². The molecule has 0 aliphatic rings. The Morgan fingerprint density at radius 2 is 1.93 bits per heavy atom. The molecule has 9 heteroatoms. The van der Waals surface area contributed by atoms with E-state index < -0.39 is 10.0 Å². The Balaban J connectivity index is 1.59. The summed E-state index contributed by atoms with van der Waals surface area (Å²) in [5.74, 6) is -0.203. The molecule has 1 amide bonds. The number of nitrogens with one attached hydrogen (secondary N) is 1. The lowest BCUT2D eigenvalue weighted by atomic mass is 10.1. The quantitative estimate of drug-likeness (QED) is 0.654. The second-order valence-corrected chi connectivity index (χ2v) is 9.64. The van der Waals surface area contributed by atoms with Gasteiger partial charge in [-0.25, -0.2) is 12.7 Å². The molecule has 0 radical (unpaired) electrons. The molecule has 0 bridgehead atoms. The summed E-state index contributed by atoms with van der Waals surface area (Å²) in [7, 11) is -0.456. The number of thiophene rings is 1. The summed E-state index contributed by atoms with van der Waals surface area (Å²) in [5, 5.41) is 6.97. The fraction of sp³-hybridized carbons (Fsp3) is 0.222. The Labute approximate surface area is 162 Å². The van der Waals surface area contributed by atoms with Crippen molar-refractivity contribution in [2.45, 2.75) is 17.3 Å². The van der Waals surface area contributed by atoms with Crippen molar-refractivity contribution in [3.8, 4) is 0 Å². The number of carbonyl (C=O) groups is 1. The maximum atomic E-state index is 12.3. The fourth-order valence-corrected chi connectivity index (χ4v) is 4.85. The molecule has 2 heterocycles. The van der Waals surface area contributed by atoms with Crippen LogP contribution in [-0.4, -0.2) is 42.5 Å². The van der Waals surface area contributed by atoms with Gasteiger partial charge in [-0.15, -0.1) is 11.3 Å². The van der Waals surface area contributed by atoms with E-state index in [1.54, 1.807) is 30.5 Å². The summed E-state index contributed by atoms with van der Waals surface area (Å²) in [5.41, 5.74) is 1.60. The molecule has 0 atom stereocenters. The molecule has 1 N–H and O–H groups in total. The molecule has 7 nitrogen and oxygen atoms in total. The Morgan fingerprint density at radius 3 is 2.56 bits per heavy atom. The van der Waals surface area contributed by atoms with Crippen LogP contribution in [-0.2, 0) is 23.1 Å². The van der Waals surface area contributed by atoms with Gasteiger partial charge in [0.1, 0.15) is 4.21 Å². The minimum absolute atomic E-state index is 0.203. The second kappa shape index (κ2) is 8.03. The summed E-state index contributed by atoms with van der Waals surface area (Å²) in [6, 6.07) is 12.5. The van der Waals surface area contributed by atoms with Gasteiger partial charge in [0.15, 0.2) is 0 Å². The van der Waals surface area contributed by atoms with Crippen LogP contribution < -0.4 is 5.32 Å². The van der Waals surface area contributed by atoms with Gasteiger partial charge in [0.2, 0.25) is 0 Å². The fourth-order valence-electron chi connectivity index (χ4n) is 2.38. The van der Waals surface area contributed by atoms with E-state index >= 15 is 0 Å². The largest absolute Gasteiger partial charge is 0.347 e. The Morgan fingerprint density at radius 1 is 1.19 bits per heavy atom. The van der Waals surface area contributed by atoms with Crippen molar-refractivity contribution < 1.29 is 13.2 Å². The van der Waals surface area contributed by atoms with Gasteiger partial charge >= 0.3 is 0 Å². The van der Waals surface area contributed by atoms with Crippen LogP contribution in [0.5, 0.6) is 0 Å². The van der Waals surface area contributed by atoms with Gasteiger partial charge in [-0.3, -0.25) is 9.48 Å². The first kappa shape index (κ1) is 19.3. The van der Waals surface area contributed by atoms with Gasteiger partial charge < -0.3 is 5.32 Å². The Bertz CT molecular complexity index is 1010. The number of carbonyl (C=O) groups excluding carboxylic acids is 1. The number of sulfonamides is 1. The van der Waals surface area contributed by atoms with E-state index in [1.807, 2.05) is 29.1 Å². The van der Waals surface area contributed by atoms with Crippen LogP contribution in [0.25, 0.3) is 0 Å². The molecule has 142 valence electrons. The molecular formula is C18H20N4O3S2. The molecule has 3 aromatic rings. The average Bonchev–Trinajstić information content (AvgIpc) is 3.32. The van der Waals surface area contributed by atoms with Gasteiger partial charge in [0.05, 0.1) is 13.1 Å². The molecule has 0 fully saturated rings. The SMILES string of the molecule is CN(C)S(=O)(=O)c1ccc(CNC(=O)c2ccc(Cn3cccn3)cc2)s1. The maximum absolute atomic E-state index is 12.3. The van der Waals surface area contributed by atoms with Crippen LogP contribution in [0, 0.1) is 0 Å². The van der Waals surface area contributed by atoms with Crippen LogP contribution >= 0.6 is 11.3 Å². The minimum Gasteiger partial charge on any atom is -0.347 e. The van der Waals surface area contributed by atoms with Gasteiger partial charge in [-0.2, -0.15) is 5.10 Å². The Hall–Kier alpha value is -2.49. The van der Waals surface area contributed by atoms with Crippen molar-refractivity contribution in [2.24, 2.45) is 0 Å². The van der Waals surface area contributed by atoms with E-state index in [-0.39, 0.29) is 16.7 Å². The lowest BCUT2D eigenvalue weighted by Gasteiger charge is -2.08. The van der Waals surface area contributed by atoms with Crippen LogP contribution in [0.1, 0.15) is 20.8 Å². The van der Waals surface area contributed by atoms with Crippen molar-refractivity contribution in [3.63, 3.8) is 0 Å². The highest BCUT2D eigenvalue weighted by Crippen LogP contribution is 2.23. The number of hydrogen-bond acceptors (Lipinski definition) is 5. The summed E-state index contributed by atoms with van der Waals surface area (Å²) in [4.78, 5) is 13.1. The number of rotatable bonds is 7. The highest BCUT2D eigenvalue weighted by atomic mass is 32.2. The minimum atomic E-state index is -3.44. The number of nitrogens with zero attached hydrogens (tertiary/aromatic N) is 3. The highest BCUT2D eigenvalue weighted by Gasteiger charge is 2.19. The summed E-state index contributed by atoms with van der Waals surface area (Å²) in [6.45, 7) is 0.925. The van der Waals surface area contributed by atoms with Crippen LogP contribution in [0.15, 0.2) is 59.1 Å². The predicted molar refractivity (Wildman–Crippen MR) is 104 cm³/mol. The van der Waals surface area contributed by atoms with E-state index in [4.69, 9.17) is 0 Å². The van der Waals surface area contributed by atoms with E-state index in [9.17, 15) is 13.2 Å². The Kier molecular flexibility index (Phi) is 5.73. The normalized spacial score (nSPS) is 11.7. The third-order valence-corrected chi connectivity index (χ3v) is 7.28. The molecule has 2 aromatic heterocycles. The lowest BCUT2D eigenvalue weighted by molar-refractivity contribution is 0.0951. The van der Waals surface area contributed by atoms with Crippen LogP contribution in [0.2, 0.25) is 0 Å². The maximum Gasteiger partial charge on any atom is 0.252 e. The van der Waals surface area contributed by atoms with Crippen molar-refractivity contribution in [2.75, 3.05) is 14.1 Å². The molecule has 0 unspecified atom stereocenters. The van der Waals surface area contributed by atoms with Crippen LogP contribution in [0.3, 0.4) is 0 Å². The zero-order valence-electron chi connectivity index (χ0n) is 15.0. The number of hydrogen-bond donors (Lipinski definition) is 1. The molecule has 0 spiro atoms. The first-order chi connectivity index (χ1) is 12.9. The number of benzene rings is 1. The summed E-state index contributed by atoms with van der Waals surface area (Å²) >= 11 is 1.16. The van der Waals surface area contributed by atoms with Crippen molar-refractivity contribution in [1.82, 2.24) is 19.4 Å². The molecule has 3 rings (SSSR count). The third-order valence-electron chi connectivity index (χ3n) is 3.92. The predicted octanol–water partition coefficient (Wildman–Crippen LogP) is 2.17. The smallest absolute Gasteiger partial charge is 0.252 e. The molecule has 0 saturated carbocycles. The van der Waals surface area contributed by atoms with Gasteiger partial charge in [0.25, 0.3) is 15.9 Å². The van der Waals surface area contributed by atoms with E-state index in [0.717, 1.165) is 21.8 Å². The zero-order chi connectivity index (χ0) is 19.4. The first-order valence-corrected chi connectivity index (χ1v) is 10.5. The molecule has 27 heavy (non-hydrogen) atoms. The molecule has 0 saturated heterocycles. The summed E-state index contributed by atoms with van der Waals surface area (Å²) in [6.07, 6.45) is 3.61. The van der Waals surface area contributed by atoms with Crippen molar-refractivity contribution >= 4 is 27.3 Å². The monoisotopic (exact) mass is 404 g/mol. The topological polar surface area (TPSA) is 84.3 Å². The van der Waals surface area contributed by atoms with E-state index in [2.05, 4.69) is 10.4 Å². The van der Waals surface area contributed by atoms with Crippen molar-refractivity contribution in [1.29, 1.82) is 0 Å². The zero-order valence-corrected chi connectivity index (χ0v) is 16.6. The lowest BCUT2D eigenvalue weighted by Crippen LogP contribution is -2.22. The standard InChI is InChI=1S/C18H20N4O3S2/c1-21(2)27(24,25)17-9-8-16(26-17)12-19-18(23)15-6-4-14(5-7-15)13-22-11-3-10-20-22/h3-11H,12-13H2,1-2H3,(H,19,23). The first-order valence-electron chi connectivity index (χ1n) is 8.22. The average molecular weight is 405 g/mol. The van der Waals surface area contributed by atoms with E-state index in [0.29, 0.717) is 12.1 Å². The summed E-state index contributed by atoms with van der Waals surface area (Å²) < 4.78 is 27.4. The van der Waals surface area contributed by atoms with Crippen molar-refractivity contribution in [3.05, 3.63) is 70.9 Å². The molecular weight excluding hydrogens is 384 g/mol. The molecule has 1 aromatic carbocycles. The van der Waals surface area contributed by atoms with Crippen LogP contribution in [0.4, 0.5) is 0 Å². The highest BCUT2D eigenvalue weighted by molar-refractivity contribution is 7.91. The van der Waals surface area contributed by atoms with Gasteiger partial charge in [-0.05, 0) is 35.9 Å². The molecule has 0 aliphatic heterocycles. The molecule has 0 aliphatic carbocycles. The van der Waals surface area contributed by atoms with Gasteiger partial charge in [-0.1, -0.05) is 12.1 Å². The van der Waals surface area contributed by atoms with Gasteiger partial charge in [0, 0.05) is 36.9 Å².